The molecule has 2 heterocycles. The zero-order valence-electron chi connectivity index (χ0n) is 18.5. The number of aromatic nitrogens is 3. The Bertz CT molecular complexity index is 865. The molecule has 9 heteroatoms. The van der Waals surface area contributed by atoms with Gasteiger partial charge < -0.3 is 15.4 Å². The maximum Gasteiger partial charge on any atom is 0.345 e. The number of benzene rings is 1. The topological polar surface area (TPSA) is 85.5 Å². The quantitative estimate of drug-likeness (QED) is 0.209. The molecule has 0 amide bonds. The molecule has 0 aliphatic carbocycles. The number of fused-ring (bicyclic) bond motifs is 1. The first-order chi connectivity index (χ1) is 14.7. The maximum atomic E-state index is 12.3. The number of hydrogen-bond donors (Lipinski definition) is 2. The molecule has 0 bridgehead atoms. The molecule has 0 spiro atoms. The number of halogens is 1. The minimum absolute atomic E-state index is 0. The van der Waals surface area contributed by atoms with Crippen molar-refractivity contribution in [2.45, 2.75) is 52.3 Å². The minimum Gasteiger partial charge on any atom is -0.376 e. The molecule has 1 unspecified atom stereocenters. The fourth-order valence-corrected chi connectivity index (χ4v) is 3.53. The molecule has 172 valence electrons. The van der Waals surface area contributed by atoms with Crippen LogP contribution in [0.4, 0.5) is 0 Å². The van der Waals surface area contributed by atoms with E-state index in [4.69, 9.17) is 4.74 Å². The molecule has 0 saturated carbocycles. The van der Waals surface area contributed by atoms with Crippen LogP contribution in [0.15, 0.2) is 40.1 Å². The fraction of sp³-hybridized carbons (Fsp3) is 0.591. The van der Waals surface area contributed by atoms with Crippen LogP contribution in [-0.4, -0.2) is 47.1 Å². The third-order valence-corrected chi connectivity index (χ3v) is 5.23. The Hall–Kier alpha value is -1.88. The average Bonchev–Trinajstić information content (AvgIpc) is 3.10. The van der Waals surface area contributed by atoms with Gasteiger partial charge in [0, 0.05) is 39.6 Å². The Morgan fingerprint density at radius 2 is 2.06 bits per heavy atom. The Morgan fingerprint density at radius 3 is 2.81 bits per heavy atom. The van der Waals surface area contributed by atoms with Crippen LogP contribution in [-0.2, 0) is 30.9 Å². The van der Waals surface area contributed by atoms with Crippen LogP contribution in [0.5, 0.6) is 0 Å². The molecular weight excluding hydrogens is 507 g/mol. The van der Waals surface area contributed by atoms with E-state index in [-0.39, 0.29) is 29.7 Å². The minimum atomic E-state index is 0. The van der Waals surface area contributed by atoms with E-state index in [2.05, 4.69) is 39.8 Å². The van der Waals surface area contributed by atoms with Crippen LogP contribution < -0.4 is 16.3 Å². The van der Waals surface area contributed by atoms with Gasteiger partial charge in [-0.1, -0.05) is 37.3 Å². The van der Waals surface area contributed by atoms with E-state index >= 15 is 0 Å². The van der Waals surface area contributed by atoms with Gasteiger partial charge in [-0.2, -0.15) is 5.10 Å². The van der Waals surface area contributed by atoms with E-state index in [1.54, 1.807) is 11.7 Å². The summed E-state index contributed by atoms with van der Waals surface area (Å²) in [6.07, 6.45) is 3.91. The van der Waals surface area contributed by atoms with Crippen molar-refractivity contribution in [3.8, 4) is 0 Å². The molecule has 8 nitrogen and oxygen atoms in total. The molecule has 1 aliphatic rings. The van der Waals surface area contributed by atoms with Crippen molar-refractivity contribution in [1.82, 2.24) is 25.0 Å². The summed E-state index contributed by atoms with van der Waals surface area (Å²) in [6.45, 7) is 6.40. The summed E-state index contributed by atoms with van der Waals surface area (Å²) in [5.74, 6) is 2.06. The highest BCUT2D eigenvalue weighted by molar-refractivity contribution is 14.0. The molecule has 2 N–H and O–H groups in total. The summed E-state index contributed by atoms with van der Waals surface area (Å²) in [7, 11) is 1.76. The lowest BCUT2D eigenvalue weighted by molar-refractivity contribution is 0.0931. The monoisotopic (exact) mass is 542 g/mol. The van der Waals surface area contributed by atoms with Crippen LogP contribution in [0, 0.1) is 5.92 Å². The van der Waals surface area contributed by atoms with Crippen molar-refractivity contribution in [2.75, 3.05) is 26.7 Å². The summed E-state index contributed by atoms with van der Waals surface area (Å²) >= 11 is 0. The summed E-state index contributed by atoms with van der Waals surface area (Å²) in [4.78, 5) is 16.6. The van der Waals surface area contributed by atoms with Crippen LogP contribution in [0.25, 0.3) is 0 Å². The maximum absolute atomic E-state index is 12.3. The first-order valence-corrected chi connectivity index (χ1v) is 10.9. The van der Waals surface area contributed by atoms with E-state index < -0.39 is 0 Å². The molecule has 31 heavy (non-hydrogen) atoms. The van der Waals surface area contributed by atoms with Crippen molar-refractivity contribution in [3.63, 3.8) is 0 Å². The normalized spacial score (nSPS) is 14.5. The van der Waals surface area contributed by atoms with Crippen molar-refractivity contribution >= 4 is 29.9 Å². The summed E-state index contributed by atoms with van der Waals surface area (Å²) < 4.78 is 9.22. The lowest BCUT2D eigenvalue weighted by atomic mass is 10.2. The van der Waals surface area contributed by atoms with Gasteiger partial charge in [0.15, 0.2) is 5.96 Å². The highest BCUT2D eigenvalue weighted by Crippen LogP contribution is 2.09. The van der Waals surface area contributed by atoms with Gasteiger partial charge in [-0.3, -0.25) is 9.56 Å². The van der Waals surface area contributed by atoms with Crippen LogP contribution in [0.2, 0.25) is 0 Å². The highest BCUT2D eigenvalue weighted by atomic mass is 127. The lowest BCUT2D eigenvalue weighted by Crippen LogP contribution is -2.40. The Kier molecular flexibility index (Phi) is 11.1. The second kappa shape index (κ2) is 13.5. The average molecular weight is 542 g/mol. The number of nitrogens with one attached hydrogen (secondary N) is 2. The van der Waals surface area contributed by atoms with Crippen LogP contribution >= 0.6 is 24.0 Å². The van der Waals surface area contributed by atoms with Crippen LogP contribution in [0.1, 0.15) is 37.6 Å². The second-order valence-electron chi connectivity index (χ2n) is 7.87. The van der Waals surface area contributed by atoms with E-state index in [1.165, 1.54) is 5.56 Å². The number of nitrogens with zero attached hydrogens (tertiary/aromatic N) is 4. The largest absolute Gasteiger partial charge is 0.376 e. The second-order valence-corrected chi connectivity index (χ2v) is 7.87. The van der Waals surface area contributed by atoms with Gasteiger partial charge in [0.2, 0.25) is 0 Å². The molecule has 1 atom stereocenters. The number of ether oxygens (including phenoxy) is 1. The van der Waals surface area contributed by atoms with Gasteiger partial charge in [-0.25, -0.2) is 9.48 Å². The smallest absolute Gasteiger partial charge is 0.345 e. The van der Waals surface area contributed by atoms with E-state index in [0.29, 0.717) is 25.7 Å². The third kappa shape index (κ3) is 7.95. The zero-order valence-corrected chi connectivity index (χ0v) is 20.9. The number of aryl methyl sites for hydroxylation is 2. The number of hydrogen-bond acceptors (Lipinski definition) is 4. The van der Waals surface area contributed by atoms with Crippen molar-refractivity contribution in [2.24, 2.45) is 10.9 Å². The van der Waals surface area contributed by atoms with Crippen molar-refractivity contribution in [1.29, 1.82) is 0 Å². The highest BCUT2D eigenvalue weighted by Gasteiger charge is 2.16. The molecule has 3 rings (SSSR count). The Balaban J connectivity index is 0.00000341. The molecule has 0 radical (unpaired) electrons. The molecule has 2 aromatic rings. The predicted octanol–water partition coefficient (Wildman–Crippen LogP) is 2.41. The summed E-state index contributed by atoms with van der Waals surface area (Å²) in [5, 5.41) is 11.1. The van der Waals surface area contributed by atoms with Crippen LogP contribution in [0.3, 0.4) is 0 Å². The first kappa shape index (κ1) is 25.4. The molecule has 1 aliphatic heterocycles. The summed E-state index contributed by atoms with van der Waals surface area (Å²) in [6, 6.07) is 10.2. The zero-order chi connectivity index (χ0) is 21.2. The molecular formula is C22H35IN6O2. The Morgan fingerprint density at radius 1 is 1.26 bits per heavy atom. The first-order valence-electron chi connectivity index (χ1n) is 10.9. The lowest BCUT2D eigenvalue weighted by Gasteiger charge is -2.16. The van der Waals surface area contributed by atoms with Gasteiger partial charge in [0.1, 0.15) is 5.82 Å². The van der Waals surface area contributed by atoms with Gasteiger partial charge in [0.25, 0.3) is 0 Å². The van der Waals surface area contributed by atoms with E-state index in [0.717, 1.165) is 57.1 Å². The standard InChI is InChI=1S/C22H34N6O2.HI/c1-18(16-30-17-19-9-4-3-5-10-19)15-25-21(23-2)24-12-8-14-28-22(29)27-13-7-6-11-20(27)26-28;/h3-5,9-10,18H,6-8,11-17H2,1-2H3,(H2,23,24,25);1H. The van der Waals surface area contributed by atoms with Crippen molar-refractivity contribution in [3.05, 3.63) is 52.2 Å². The van der Waals surface area contributed by atoms with Crippen molar-refractivity contribution < 1.29 is 4.74 Å². The van der Waals surface area contributed by atoms with E-state index in [1.807, 2.05) is 22.8 Å². The van der Waals surface area contributed by atoms with E-state index in [9.17, 15) is 4.79 Å². The van der Waals surface area contributed by atoms with Gasteiger partial charge in [-0.05, 0) is 30.7 Å². The van der Waals surface area contributed by atoms with Gasteiger partial charge in [0.05, 0.1) is 13.2 Å². The SMILES string of the molecule is CN=C(NCCCn1nc2n(c1=O)CCCC2)NCC(C)COCc1ccccc1.I. The number of guanidine groups is 1. The number of rotatable bonds is 10. The van der Waals surface area contributed by atoms with Gasteiger partial charge in [-0.15, -0.1) is 24.0 Å². The molecule has 0 fully saturated rings. The third-order valence-electron chi connectivity index (χ3n) is 5.23. The Labute approximate surface area is 201 Å². The molecule has 0 saturated heterocycles. The fourth-order valence-electron chi connectivity index (χ4n) is 3.53. The summed E-state index contributed by atoms with van der Waals surface area (Å²) in [5.41, 5.74) is 1.21. The predicted molar refractivity (Wildman–Crippen MR) is 134 cm³/mol. The van der Waals surface area contributed by atoms with Gasteiger partial charge >= 0.3 is 5.69 Å². The molecule has 1 aromatic heterocycles. The number of aliphatic imine (C=N–C) groups is 1. The molecule has 1 aromatic carbocycles.